The maximum absolute atomic E-state index is 13.1. The van der Waals surface area contributed by atoms with Gasteiger partial charge >= 0.3 is 21.7 Å². The normalized spacial score (nSPS) is 9.93. The minimum absolute atomic E-state index is 0. The van der Waals surface area contributed by atoms with Crippen LogP contribution in [-0.2, 0) is 21.7 Å². The Labute approximate surface area is 168 Å². The van der Waals surface area contributed by atoms with Crippen molar-refractivity contribution >= 4 is 0 Å². The number of hydrogen-bond donors (Lipinski definition) is 0. The van der Waals surface area contributed by atoms with E-state index in [0.29, 0.717) is 11.4 Å². The summed E-state index contributed by atoms with van der Waals surface area (Å²) in [7, 11) is 0. The van der Waals surface area contributed by atoms with E-state index in [-0.39, 0.29) is 21.7 Å². The van der Waals surface area contributed by atoms with Crippen molar-refractivity contribution in [2.45, 2.75) is 0 Å². The van der Waals surface area contributed by atoms with Gasteiger partial charge in [0.1, 0.15) is 0 Å². The Morgan fingerprint density at radius 3 is 1.19 bits per heavy atom. The SMILES string of the molecule is Fc1[c-]c(F)c(-n2cccc2)cc1.Fc1[c-]c(F)c(-n2cccc2)cc1.[Ti+2]. The van der Waals surface area contributed by atoms with Crippen molar-refractivity contribution in [3.05, 3.63) is 109 Å². The standard InChI is InChI=1S/2C10H6F2N.Ti/c2*11-8-3-4-10(9(12)7-8)13-5-1-2-6-13;/h2*1-6H;/q2*-1;+2. The third-order valence-corrected chi connectivity index (χ3v) is 3.45. The summed E-state index contributed by atoms with van der Waals surface area (Å²) in [6.45, 7) is 0. The summed E-state index contributed by atoms with van der Waals surface area (Å²) in [6.07, 6.45) is 6.74. The molecule has 0 saturated carbocycles. The summed E-state index contributed by atoms with van der Waals surface area (Å²) in [6, 6.07) is 16.1. The van der Waals surface area contributed by atoms with Crippen LogP contribution in [0.3, 0.4) is 0 Å². The van der Waals surface area contributed by atoms with Crippen LogP contribution in [0.2, 0.25) is 0 Å². The van der Waals surface area contributed by atoms with Crippen LogP contribution in [0.1, 0.15) is 0 Å². The number of nitrogens with zero attached hydrogens (tertiary/aromatic N) is 2. The van der Waals surface area contributed by atoms with E-state index in [0.717, 1.165) is 0 Å². The first kappa shape index (κ1) is 20.7. The maximum Gasteiger partial charge on any atom is 2.00 e. The van der Waals surface area contributed by atoms with E-state index in [2.05, 4.69) is 0 Å². The predicted molar refractivity (Wildman–Crippen MR) is 89.0 cm³/mol. The molecule has 7 heteroatoms. The van der Waals surface area contributed by atoms with Crippen molar-refractivity contribution < 1.29 is 39.3 Å². The number of halogens is 4. The minimum Gasteiger partial charge on any atom is -0.375 e. The Morgan fingerprint density at radius 2 is 0.889 bits per heavy atom. The van der Waals surface area contributed by atoms with E-state index in [9.17, 15) is 17.6 Å². The van der Waals surface area contributed by atoms with Gasteiger partial charge in [-0.3, -0.25) is 0 Å². The predicted octanol–water partition coefficient (Wildman–Crippen LogP) is 5.11. The molecule has 0 aliphatic heterocycles. The molecule has 0 spiro atoms. The maximum atomic E-state index is 13.1. The molecule has 0 unspecified atom stereocenters. The van der Waals surface area contributed by atoms with Crippen molar-refractivity contribution in [1.82, 2.24) is 9.13 Å². The van der Waals surface area contributed by atoms with Gasteiger partial charge in [-0.2, -0.15) is 0 Å². The molecule has 0 fully saturated rings. The third kappa shape index (κ3) is 5.22. The van der Waals surface area contributed by atoms with Gasteiger partial charge < -0.3 is 9.13 Å². The molecule has 0 bridgehead atoms. The smallest absolute Gasteiger partial charge is 0.375 e. The van der Waals surface area contributed by atoms with Gasteiger partial charge in [0.25, 0.3) is 0 Å². The van der Waals surface area contributed by atoms with Gasteiger partial charge in [-0.05, 0) is 60.4 Å². The van der Waals surface area contributed by atoms with E-state index in [1.165, 1.54) is 24.3 Å². The van der Waals surface area contributed by atoms with E-state index < -0.39 is 23.3 Å². The van der Waals surface area contributed by atoms with E-state index in [1.54, 1.807) is 58.2 Å². The average Bonchev–Trinajstić information content (AvgIpc) is 3.29. The van der Waals surface area contributed by atoms with Crippen LogP contribution in [0.15, 0.2) is 73.3 Å². The van der Waals surface area contributed by atoms with Gasteiger partial charge in [0.15, 0.2) is 0 Å². The number of rotatable bonds is 2. The quantitative estimate of drug-likeness (QED) is 0.250. The zero-order valence-corrected chi connectivity index (χ0v) is 15.4. The fraction of sp³-hybridized carbons (Fsp3) is 0. The minimum atomic E-state index is -0.687. The molecule has 2 aromatic heterocycles. The van der Waals surface area contributed by atoms with Gasteiger partial charge in [-0.25, -0.2) is 17.6 Å². The molecule has 0 N–H and O–H groups in total. The Kier molecular flexibility index (Phi) is 7.22. The molecule has 2 aromatic carbocycles. The summed E-state index contributed by atoms with van der Waals surface area (Å²) < 4.78 is 54.3. The van der Waals surface area contributed by atoms with E-state index in [1.807, 2.05) is 12.1 Å². The second-order valence-corrected chi connectivity index (χ2v) is 5.19. The summed E-state index contributed by atoms with van der Waals surface area (Å²) in [5.41, 5.74) is 0.595. The Bertz CT molecular complexity index is 902. The van der Waals surface area contributed by atoms with Gasteiger partial charge in [-0.1, -0.05) is 0 Å². The molecule has 0 radical (unpaired) electrons. The van der Waals surface area contributed by atoms with Gasteiger partial charge in [0.2, 0.25) is 0 Å². The monoisotopic (exact) mass is 404 g/mol. The molecule has 2 nitrogen and oxygen atoms in total. The van der Waals surface area contributed by atoms with Crippen LogP contribution >= 0.6 is 0 Å². The second kappa shape index (κ2) is 9.39. The molecular formula is C20H12F4N2Ti. The first-order chi connectivity index (χ1) is 12.5. The van der Waals surface area contributed by atoms with Crippen molar-refractivity contribution in [3.63, 3.8) is 0 Å². The fourth-order valence-corrected chi connectivity index (χ4v) is 2.26. The third-order valence-electron chi connectivity index (χ3n) is 3.45. The molecule has 0 saturated heterocycles. The molecule has 0 aliphatic rings. The number of benzene rings is 2. The van der Waals surface area contributed by atoms with Crippen LogP contribution in [0.25, 0.3) is 11.4 Å². The zero-order chi connectivity index (χ0) is 18.5. The Hall–Kier alpha value is -2.57. The molecule has 2 heterocycles. The summed E-state index contributed by atoms with van der Waals surface area (Å²) >= 11 is 0. The number of hydrogen-bond acceptors (Lipinski definition) is 0. The van der Waals surface area contributed by atoms with Crippen molar-refractivity contribution in [3.8, 4) is 11.4 Å². The molecule has 4 rings (SSSR count). The first-order valence-electron chi connectivity index (χ1n) is 7.56. The van der Waals surface area contributed by atoms with Crippen molar-refractivity contribution in [1.29, 1.82) is 0 Å². The molecule has 134 valence electrons. The zero-order valence-electron chi connectivity index (χ0n) is 13.8. The number of aromatic nitrogens is 2. The average molecular weight is 404 g/mol. The summed E-state index contributed by atoms with van der Waals surface area (Å²) in [5, 5.41) is 0. The van der Waals surface area contributed by atoms with Crippen LogP contribution < -0.4 is 0 Å². The van der Waals surface area contributed by atoms with Crippen LogP contribution in [-0.4, -0.2) is 9.13 Å². The molecule has 0 aliphatic carbocycles. The summed E-state index contributed by atoms with van der Waals surface area (Å²) in [5.74, 6) is -2.74. The fourth-order valence-electron chi connectivity index (χ4n) is 2.26. The van der Waals surface area contributed by atoms with Crippen LogP contribution in [0, 0.1) is 35.4 Å². The van der Waals surface area contributed by atoms with Crippen molar-refractivity contribution in [2.75, 3.05) is 0 Å². The Balaban J connectivity index is 0.000000187. The first-order valence-corrected chi connectivity index (χ1v) is 7.56. The van der Waals surface area contributed by atoms with E-state index in [4.69, 9.17) is 0 Å². The molecule has 0 atom stereocenters. The van der Waals surface area contributed by atoms with Crippen molar-refractivity contribution in [2.24, 2.45) is 0 Å². The van der Waals surface area contributed by atoms with Gasteiger partial charge in [0.05, 0.1) is 0 Å². The van der Waals surface area contributed by atoms with Crippen LogP contribution in [0.5, 0.6) is 0 Å². The van der Waals surface area contributed by atoms with Gasteiger partial charge in [0, 0.05) is 23.3 Å². The molecular weight excluding hydrogens is 392 g/mol. The Morgan fingerprint density at radius 1 is 0.556 bits per heavy atom. The topological polar surface area (TPSA) is 9.86 Å². The second-order valence-electron chi connectivity index (χ2n) is 5.19. The molecule has 27 heavy (non-hydrogen) atoms. The van der Waals surface area contributed by atoms with E-state index >= 15 is 0 Å². The summed E-state index contributed by atoms with van der Waals surface area (Å²) in [4.78, 5) is 0. The molecule has 4 aromatic rings. The largest absolute Gasteiger partial charge is 2.00 e. The van der Waals surface area contributed by atoms with Gasteiger partial charge in [-0.15, -0.1) is 36.4 Å². The molecule has 0 amide bonds. The van der Waals surface area contributed by atoms with Crippen LogP contribution in [0.4, 0.5) is 17.6 Å².